The van der Waals surface area contributed by atoms with Gasteiger partial charge < -0.3 is 15.4 Å². The van der Waals surface area contributed by atoms with Gasteiger partial charge in [-0.05, 0) is 79.9 Å². The van der Waals surface area contributed by atoms with E-state index in [-0.39, 0.29) is 23.3 Å². The van der Waals surface area contributed by atoms with E-state index in [1.54, 1.807) is 43.3 Å². The van der Waals surface area contributed by atoms with E-state index >= 15 is 0 Å². The van der Waals surface area contributed by atoms with E-state index in [9.17, 15) is 22.8 Å². The SMILES string of the molecule is Cc1ccc(NC(=O)C2CC2)nc1C(=O)Nc1ccc(Oc2ccc(C(F)(F)F)cc2)cc1. The van der Waals surface area contributed by atoms with Crippen LogP contribution in [0.1, 0.15) is 34.5 Å². The zero-order chi connectivity index (χ0) is 23.6. The summed E-state index contributed by atoms with van der Waals surface area (Å²) in [6.45, 7) is 1.75. The molecule has 9 heteroatoms. The molecule has 6 nitrogen and oxygen atoms in total. The van der Waals surface area contributed by atoms with E-state index < -0.39 is 17.6 Å². The van der Waals surface area contributed by atoms with Gasteiger partial charge in [0, 0.05) is 11.6 Å². The monoisotopic (exact) mass is 455 g/mol. The number of rotatable bonds is 6. The second kappa shape index (κ2) is 8.93. The summed E-state index contributed by atoms with van der Waals surface area (Å²) in [5.41, 5.74) is 0.564. The largest absolute Gasteiger partial charge is 0.457 e. The average Bonchev–Trinajstić information content (AvgIpc) is 3.62. The maximum absolute atomic E-state index is 12.7. The van der Waals surface area contributed by atoms with Crippen LogP contribution in [0.15, 0.2) is 60.7 Å². The van der Waals surface area contributed by atoms with Gasteiger partial charge in [0.1, 0.15) is 23.0 Å². The van der Waals surface area contributed by atoms with Gasteiger partial charge in [-0.3, -0.25) is 9.59 Å². The lowest BCUT2D eigenvalue weighted by molar-refractivity contribution is -0.137. The fourth-order valence-corrected chi connectivity index (χ4v) is 3.05. The summed E-state index contributed by atoms with van der Waals surface area (Å²) in [7, 11) is 0. The molecule has 1 aliphatic rings. The number of aryl methyl sites for hydroxylation is 1. The van der Waals surface area contributed by atoms with E-state index in [1.807, 2.05) is 0 Å². The number of benzene rings is 2. The highest BCUT2D eigenvalue weighted by Crippen LogP contribution is 2.32. The summed E-state index contributed by atoms with van der Waals surface area (Å²) < 4.78 is 43.5. The van der Waals surface area contributed by atoms with Crippen molar-refractivity contribution < 1.29 is 27.5 Å². The number of hydrogen-bond acceptors (Lipinski definition) is 4. The van der Waals surface area contributed by atoms with Crippen LogP contribution in [0.5, 0.6) is 11.5 Å². The van der Waals surface area contributed by atoms with Crippen LogP contribution in [0.25, 0.3) is 0 Å². The van der Waals surface area contributed by atoms with Crippen molar-refractivity contribution >= 4 is 23.3 Å². The Morgan fingerprint density at radius 2 is 1.52 bits per heavy atom. The molecule has 1 fully saturated rings. The van der Waals surface area contributed by atoms with Crippen LogP contribution in [0.3, 0.4) is 0 Å². The number of carbonyl (C=O) groups is 2. The molecule has 4 rings (SSSR count). The lowest BCUT2D eigenvalue weighted by Crippen LogP contribution is -2.19. The summed E-state index contributed by atoms with van der Waals surface area (Å²) in [5, 5.41) is 5.46. The molecule has 1 saturated carbocycles. The van der Waals surface area contributed by atoms with Gasteiger partial charge in [-0.25, -0.2) is 4.98 Å². The molecule has 33 heavy (non-hydrogen) atoms. The van der Waals surface area contributed by atoms with E-state index in [0.29, 0.717) is 22.8 Å². The Kier molecular flexibility index (Phi) is 6.04. The lowest BCUT2D eigenvalue weighted by atomic mass is 10.2. The minimum Gasteiger partial charge on any atom is -0.457 e. The fourth-order valence-electron chi connectivity index (χ4n) is 3.05. The van der Waals surface area contributed by atoms with Crippen molar-refractivity contribution in [3.63, 3.8) is 0 Å². The molecule has 2 N–H and O–H groups in total. The normalized spacial score (nSPS) is 13.3. The highest BCUT2D eigenvalue weighted by molar-refractivity contribution is 6.04. The molecule has 170 valence electrons. The molecule has 0 atom stereocenters. The Bertz CT molecular complexity index is 1170. The quantitative estimate of drug-likeness (QED) is 0.492. The lowest BCUT2D eigenvalue weighted by Gasteiger charge is -2.11. The molecule has 2 aromatic carbocycles. The molecular weight excluding hydrogens is 435 g/mol. The van der Waals surface area contributed by atoms with Gasteiger partial charge in [-0.1, -0.05) is 6.07 Å². The van der Waals surface area contributed by atoms with Crippen molar-refractivity contribution in [2.75, 3.05) is 10.6 Å². The maximum Gasteiger partial charge on any atom is 0.416 e. The van der Waals surface area contributed by atoms with Crippen LogP contribution in [-0.4, -0.2) is 16.8 Å². The summed E-state index contributed by atoms with van der Waals surface area (Å²) in [6.07, 6.45) is -2.68. The van der Waals surface area contributed by atoms with Crippen LogP contribution in [0.2, 0.25) is 0 Å². The molecule has 3 aromatic rings. The first-order valence-corrected chi connectivity index (χ1v) is 10.2. The molecule has 1 aromatic heterocycles. The van der Waals surface area contributed by atoms with E-state index in [0.717, 1.165) is 25.0 Å². The first kappa shape index (κ1) is 22.3. The molecule has 0 aliphatic heterocycles. The maximum atomic E-state index is 12.7. The third-order valence-corrected chi connectivity index (χ3v) is 5.04. The number of anilines is 2. The molecule has 2 amide bonds. The van der Waals surface area contributed by atoms with Crippen LogP contribution >= 0.6 is 0 Å². The first-order chi connectivity index (χ1) is 15.7. The predicted octanol–water partition coefficient (Wildman–Crippen LogP) is 5.80. The Balaban J connectivity index is 1.39. The number of halogens is 3. The van der Waals surface area contributed by atoms with Gasteiger partial charge in [0.25, 0.3) is 5.91 Å². The van der Waals surface area contributed by atoms with Crippen LogP contribution in [0, 0.1) is 12.8 Å². The predicted molar refractivity (Wildman–Crippen MR) is 116 cm³/mol. The molecule has 0 radical (unpaired) electrons. The number of aromatic nitrogens is 1. The van der Waals surface area contributed by atoms with Crippen LogP contribution in [0.4, 0.5) is 24.7 Å². The van der Waals surface area contributed by atoms with Gasteiger partial charge in [0.15, 0.2) is 0 Å². The minimum atomic E-state index is -4.41. The van der Waals surface area contributed by atoms with Crippen LogP contribution < -0.4 is 15.4 Å². The number of amides is 2. The zero-order valence-corrected chi connectivity index (χ0v) is 17.6. The van der Waals surface area contributed by atoms with Gasteiger partial charge in [0.05, 0.1) is 5.56 Å². The van der Waals surface area contributed by atoms with E-state index in [2.05, 4.69) is 15.6 Å². The number of hydrogen-bond donors (Lipinski definition) is 2. The van der Waals surface area contributed by atoms with Gasteiger partial charge >= 0.3 is 6.18 Å². The second-order valence-electron chi connectivity index (χ2n) is 7.73. The number of pyridine rings is 1. The highest BCUT2D eigenvalue weighted by atomic mass is 19.4. The zero-order valence-electron chi connectivity index (χ0n) is 17.6. The van der Waals surface area contributed by atoms with Crippen molar-refractivity contribution in [1.82, 2.24) is 4.98 Å². The topological polar surface area (TPSA) is 80.3 Å². The Hall–Kier alpha value is -3.88. The summed E-state index contributed by atoms with van der Waals surface area (Å²) >= 11 is 0. The fraction of sp³-hybridized carbons (Fsp3) is 0.208. The van der Waals surface area contributed by atoms with Crippen LogP contribution in [-0.2, 0) is 11.0 Å². The molecule has 0 bridgehead atoms. The average molecular weight is 455 g/mol. The third kappa shape index (κ3) is 5.68. The molecule has 0 saturated heterocycles. The highest BCUT2D eigenvalue weighted by Gasteiger charge is 2.30. The minimum absolute atomic E-state index is 0.0219. The summed E-state index contributed by atoms with van der Waals surface area (Å²) in [5.74, 6) is 0.459. The number of carbonyl (C=O) groups excluding carboxylic acids is 2. The summed E-state index contributed by atoms with van der Waals surface area (Å²) in [4.78, 5) is 28.9. The first-order valence-electron chi connectivity index (χ1n) is 10.2. The van der Waals surface area contributed by atoms with Gasteiger partial charge in [-0.2, -0.15) is 13.2 Å². The van der Waals surface area contributed by atoms with Crippen molar-refractivity contribution in [2.45, 2.75) is 25.9 Å². The Morgan fingerprint density at radius 3 is 2.09 bits per heavy atom. The molecule has 0 unspecified atom stereocenters. The second-order valence-corrected chi connectivity index (χ2v) is 7.73. The van der Waals surface area contributed by atoms with Crippen molar-refractivity contribution in [3.05, 3.63) is 77.5 Å². The van der Waals surface area contributed by atoms with Crippen molar-refractivity contribution in [1.29, 1.82) is 0 Å². The smallest absolute Gasteiger partial charge is 0.416 e. The molecule has 1 aliphatic carbocycles. The molecular formula is C24H20F3N3O3. The number of nitrogens with zero attached hydrogens (tertiary/aromatic N) is 1. The van der Waals surface area contributed by atoms with E-state index in [4.69, 9.17) is 4.74 Å². The number of alkyl halides is 3. The van der Waals surface area contributed by atoms with Gasteiger partial charge in [-0.15, -0.1) is 0 Å². The Labute approximate surface area is 187 Å². The van der Waals surface area contributed by atoms with E-state index in [1.165, 1.54) is 12.1 Å². The summed E-state index contributed by atoms with van der Waals surface area (Å²) in [6, 6.07) is 14.1. The van der Waals surface area contributed by atoms with Gasteiger partial charge in [0.2, 0.25) is 5.91 Å². The standard InChI is InChI=1S/C24H20F3N3O3/c1-14-2-13-20(30-22(31)15-3-4-15)29-21(14)23(32)28-17-7-11-19(12-8-17)33-18-9-5-16(6-10-18)24(25,26)27/h2,5-13,15H,3-4H2,1H3,(H,28,32)(H,29,30,31). The number of nitrogens with one attached hydrogen (secondary N) is 2. The Morgan fingerprint density at radius 1 is 0.909 bits per heavy atom. The number of ether oxygens (including phenoxy) is 1. The van der Waals surface area contributed by atoms with Crippen molar-refractivity contribution in [2.24, 2.45) is 5.92 Å². The molecule has 1 heterocycles. The third-order valence-electron chi connectivity index (χ3n) is 5.04. The molecule has 0 spiro atoms. The van der Waals surface area contributed by atoms with Crippen molar-refractivity contribution in [3.8, 4) is 11.5 Å².